The number of aryl methyl sites for hydroxylation is 3. The van der Waals surface area contributed by atoms with Gasteiger partial charge in [-0.3, -0.25) is 0 Å². The number of fused-ring (bicyclic) bond motifs is 1. The number of hydrogen-bond donors (Lipinski definition) is 1. The second kappa shape index (κ2) is 6.95. The van der Waals surface area contributed by atoms with Crippen LogP contribution >= 0.6 is 0 Å². The van der Waals surface area contributed by atoms with Gasteiger partial charge in [0.1, 0.15) is 0 Å². The monoisotopic (exact) mass is 359 g/mol. The Morgan fingerprint density at radius 2 is 1.74 bits per heavy atom. The van der Waals surface area contributed by atoms with Crippen LogP contribution in [0.1, 0.15) is 34.0 Å². The van der Waals surface area contributed by atoms with Crippen molar-refractivity contribution >= 4 is 11.7 Å². The molecule has 4 rings (SSSR count). The van der Waals surface area contributed by atoms with E-state index in [2.05, 4.69) is 73.3 Å². The van der Waals surface area contributed by atoms with E-state index in [0.717, 1.165) is 23.5 Å². The molecule has 1 aliphatic heterocycles. The average molecular weight is 359 g/mol. The highest BCUT2D eigenvalue weighted by atomic mass is 16.2. The molecule has 1 aliphatic rings. The maximum absolute atomic E-state index is 13.2. The van der Waals surface area contributed by atoms with E-state index in [0.29, 0.717) is 6.54 Å². The van der Waals surface area contributed by atoms with Crippen LogP contribution in [0.2, 0.25) is 0 Å². The number of nitrogens with one attached hydrogen (secondary N) is 1. The van der Waals surface area contributed by atoms with Crippen molar-refractivity contribution in [3.8, 4) is 0 Å². The highest BCUT2D eigenvalue weighted by molar-refractivity contribution is 5.90. The molecule has 27 heavy (non-hydrogen) atoms. The molecule has 2 heterocycles. The highest BCUT2D eigenvalue weighted by Crippen LogP contribution is 2.33. The van der Waals surface area contributed by atoms with Gasteiger partial charge in [0.15, 0.2) is 0 Å². The summed E-state index contributed by atoms with van der Waals surface area (Å²) >= 11 is 0. The normalized spacial score (nSPS) is 16.1. The molecule has 138 valence electrons. The molecular formula is C23H25N3O. The fourth-order valence-electron chi connectivity index (χ4n) is 3.72. The molecule has 4 heteroatoms. The SMILES string of the molecule is Cc1ccc([C@@H]2c3cccn3CCN2C(=O)Nc2ccc(C)c(C)c2)cc1. The Hall–Kier alpha value is -3.01. The van der Waals surface area contributed by atoms with E-state index in [1.165, 1.54) is 16.7 Å². The first kappa shape index (κ1) is 17.4. The molecule has 1 N–H and O–H groups in total. The van der Waals surface area contributed by atoms with Gasteiger partial charge in [0.2, 0.25) is 0 Å². The third-order valence-electron chi connectivity index (χ3n) is 5.45. The largest absolute Gasteiger partial charge is 0.348 e. The average Bonchev–Trinajstić information content (AvgIpc) is 3.13. The lowest BCUT2D eigenvalue weighted by Crippen LogP contribution is -2.44. The van der Waals surface area contributed by atoms with Crippen LogP contribution in [-0.2, 0) is 6.54 Å². The van der Waals surface area contributed by atoms with Crippen molar-refractivity contribution in [3.63, 3.8) is 0 Å². The van der Waals surface area contributed by atoms with Gasteiger partial charge in [0.05, 0.1) is 6.04 Å². The molecule has 0 saturated heterocycles. The molecule has 0 unspecified atom stereocenters. The molecule has 1 atom stereocenters. The Morgan fingerprint density at radius 1 is 0.963 bits per heavy atom. The molecule has 2 aromatic carbocycles. The van der Waals surface area contributed by atoms with Crippen molar-refractivity contribution in [2.24, 2.45) is 0 Å². The van der Waals surface area contributed by atoms with Crippen LogP contribution in [0.4, 0.5) is 10.5 Å². The van der Waals surface area contributed by atoms with E-state index >= 15 is 0 Å². The van der Waals surface area contributed by atoms with Gasteiger partial charge in [0, 0.05) is 30.7 Å². The van der Waals surface area contributed by atoms with Gasteiger partial charge in [-0.05, 0) is 61.7 Å². The van der Waals surface area contributed by atoms with E-state index in [-0.39, 0.29) is 12.1 Å². The van der Waals surface area contributed by atoms with Crippen molar-refractivity contribution in [1.82, 2.24) is 9.47 Å². The second-order valence-electron chi connectivity index (χ2n) is 7.36. The lowest BCUT2D eigenvalue weighted by Gasteiger charge is -2.37. The number of aromatic nitrogens is 1. The van der Waals surface area contributed by atoms with Crippen LogP contribution in [0.25, 0.3) is 0 Å². The van der Waals surface area contributed by atoms with Crippen molar-refractivity contribution in [3.05, 3.63) is 88.7 Å². The van der Waals surface area contributed by atoms with E-state index in [1.807, 2.05) is 23.1 Å². The number of carbonyl (C=O) groups excluding carboxylic acids is 1. The minimum absolute atomic E-state index is 0.0590. The minimum Gasteiger partial charge on any atom is -0.348 e. The quantitative estimate of drug-likeness (QED) is 0.683. The standard InChI is InChI=1S/C23H25N3O/c1-16-6-9-19(10-7-16)22-21-5-4-12-25(21)13-14-26(22)23(27)24-20-11-8-17(2)18(3)15-20/h4-12,15,22H,13-14H2,1-3H3,(H,24,27)/t22-/m1/s1. The van der Waals surface area contributed by atoms with Crippen LogP contribution in [-0.4, -0.2) is 22.0 Å². The van der Waals surface area contributed by atoms with Gasteiger partial charge in [-0.25, -0.2) is 4.79 Å². The molecule has 1 aromatic heterocycles. The summed E-state index contributed by atoms with van der Waals surface area (Å²) in [4.78, 5) is 15.1. The topological polar surface area (TPSA) is 37.3 Å². The molecule has 4 nitrogen and oxygen atoms in total. The van der Waals surface area contributed by atoms with Crippen LogP contribution < -0.4 is 5.32 Å². The van der Waals surface area contributed by atoms with E-state index < -0.39 is 0 Å². The summed E-state index contributed by atoms with van der Waals surface area (Å²) in [7, 11) is 0. The molecule has 3 aromatic rings. The smallest absolute Gasteiger partial charge is 0.322 e. The van der Waals surface area contributed by atoms with Crippen LogP contribution in [0.5, 0.6) is 0 Å². The number of urea groups is 1. The van der Waals surface area contributed by atoms with Gasteiger partial charge in [0.25, 0.3) is 0 Å². The zero-order valence-corrected chi connectivity index (χ0v) is 16.1. The Morgan fingerprint density at radius 3 is 2.48 bits per heavy atom. The van der Waals surface area contributed by atoms with Gasteiger partial charge >= 0.3 is 6.03 Å². The molecular weight excluding hydrogens is 334 g/mol. The number of nitrogens with zero attached hydrogens (tertiary/aromatic N) is 2. The maximum Gasteiger partial charge on any atom is 0.322 e. The summed E-state index contributed by atoms with van der Waals surface area (Å²) in [6.45, 7) is 7.71. The fraction of sp³-hybridized carbons (Fsp3) is 0.261. The van der Waals surface area contributed by atoms with Gasteiger partial charge in [-0.1, -0.05) is 35.9 Å². The Labute approximate surface area is 160 Å². The number of benzene rings is 2. The Kier molecular flexibility index (Phi) is 4.48. The van der Waals surface area contributed by atoms with Crippen LogP contribution in [0.15, 0.2) is 60.8 Å². The van der Waals surface area contributed by atoms with Crippen molar-refractivity contribution in [2.75, 3.05) is 11.9 Å². The van der Waals surface area contributed by atoms with Crippen molar-refractivity contribution < 1.29 is 4.79 Å². The molecule has 0 fully saturated rings. The summed E-state index contributed by atoms with van der Waals surface area (Å²) in [6, 6.07) is 18.5. The fourth-order valence-corrected chi connectivity index (χ4v) is 3.72. The number of amides is 2. The van der Waals surface area contributed by atoms with Crippen molar-refractivity contribution in [2.45, 2.75) is 33.4 Å². The Balaban J connectivity index is 1.66. The van der Waals surface area contributed by atoms with Crippen LogP contribution in [0.3, 0.4) is 0 Å². The number of carbonyl (C=O) groups is 1. The number of rotatable bonds is 2. The molecule has 2 amide bonds. The lowest BCUT2D eigenvalue weighted by atomic mass is 9.99. The zero-order valence-electron chi connectivity index (χ0n) is 16.1. The highest BCUT2D eigenvalue weighted by Gasteiger charge is 2.32. The lowest BCUT2D eigenvalue weighted by molar-refractivity contribution is 0.182. The minimum atomic E-state index is -0.0825. The van der Waals surface area contributed by atoms with Gasteiger partial charge < -0.3 is 14.8 Å². The Bertz CT molecular complexity index is 972. The molecule has 0 aliphatic carbocycles. The second-order valence-corrected chi connectivity index (χ2v) is 7.36. The molecule has 0 radical (unpaired) electrons. The summed E-state index contributed by atoms with van der Waals surface area (Å²) in [5.41, 5.74) is 6.75. The molecule has 0 spiro atoms. The molecule has 0 saturated carbocycles. The van der Waals surface area contributed by atoms with E-state index in [1.54, 1.807) is 0 Å². The third kappa shape index (κ3) is 3.35. The van der Waals surface area contributed by atoms with Crippen molar-refractivity contribution in [1.29, 1.82) is 0 Å². The van der Waals surface area contributed by atoms with Crippen LogP contribution in [0, 0.1) is 20.8 Å². The number of hydrogen-bond acceptors (Lipinski definition) is 1. The zero-order chi connectivity index (χ0) is 19.0. The van der Waals surface area contributed by atoms with E-state index in [4.69, 9.17) is 0 Å². The van der Waals surface area contributed by atoms with E-state index in [9.17, 15) is 4.79 Å². The summed E-state index contributed by atoms with van der Waals surface area (Å²) < 4.78 is 2.24. The first-order chi connectivity index (χ1) is 13.0. The van der Waals surface area contributed by atoms with Gasteiger partial charge in [-0.15, -0.1) is 0 Å². The summed E-state index contributed by atoms with van der Waals surface area (Å²) in [6.07, 6.45) is 2.09. The summed E-state index contributed by atoms with van der Waals surface area (Å²) in [5.74, 6) is 0. The predicted molar refractivity (Wildman–Crippen MR) is 109 cm³/mol. The first-order valence-corrected chi connectivity index (χ1v) is 9.39. The summed E-state index contributed by atoms with van der Waals surface area (Å²) in [5, 5.41) is 3.09. The maximum atomic E-state index is 13.2. The predicted octanol–water partition coefficient (Wildman–Crippen LogP) is 5.05. The third-order valence-corrected chi connectivity index (χ3v) is 5.45. The first-order valence-electron chi connectivity index (χ1n) is 9.39. The van der Waals surface area contributed by atoms with Gasteiger partial charge in [-0.2, -0.15) is 0 Å². The number of anilines is 1. The molecule has 0 bridgehead atoms.